The van der Waals surface area contributed by atoms with E-state index >= 15 is 0 Å². The number of benzene rings is 2. The van der Waals surface area contributed by atoms with E-state index in [1.54, 1.807) is 0 Å². The molecular formula is C18H18N4O2. The molecule has 0 radical (unpaired) electrons. The van der Waals surface area contributed by atoms with Crippen LogP contribution in [0.25, 0.3) is 11.5 Å². The van der Waals surface area contributed by atoms with Gasteiger partial charge in [-0.3, -0.25) is 0 Å². The van der Waals surface area contributed by atoms with E-state index in [0.717, 1.165) is 11.1 Å². The second-order valence-corrected chi connectivity index (χ2v) is 5.39. The van der Waals surface area contributed by atoms with Crippen LogP contribution < -0.4 is 5.73 Å². The van der Waals surface area contributed by atoms with E-state index in [0.29, 0.717) is 24.0 Å². The van der Waals surface area contributed by atoms with Gasteiger partial charge in [-0.15, -0.1) is 10.2 Å². The van der Waals surface area contributed by atoms with Crippen molar-refractivity contribution in [2.24, 2.45) is 10.9 Å². The van der Waals surface area contributed by atoms with E-state index < -0.39 is 0 Å². The third kappa shape index (κ3) is 4.19. The molecule has 1 heterocycles. The number of rotatable bonds is 6. The second-order valence-electron chi connectivity index (χ2n) is 5.39. The standard InChI is InChI=1S/C18H18N4O2/c1-13-7-9-15(10-8-13)18-21-20-17(24-18)12-23-22-16(19)11-14-5-3-2-4-6-14/h2-10H,11-12H2,1H3,(H2,19,22). The summed E-state index contributed by atoms with van der Waals surface area (Å²) in [5.41, 5.74) is 8.95. The number of oxime groups is 1. The molecule has 24 heavy (non-hydrogen) atoms. The Morgan fingerprint density at radius 3 is 2.58 bits per heavy atom. The van der Waals surface area contributed by atoms with Crippen LogP contribution in [0.1, 0.15) is 17.0 Å². The van der Waals surface area contributed by atoms with Gasteiger partial charge >= 0.3 is 0 Å². The summed E-state index contributed by atoms with van der Waals surface area (Å²) in [5, 5.41) is 11.8. The molecule has 0 unspecified atom stereocenters. The minimum Gasteiger partial charge on any atom is -0.417 e. The molecule has 0 saturated heterocycles. The summed E-state index contributed by atoms with van der Waals surface area (Å²) in [6, 6.07) is 17.7. The fourth-order valence-corrected chi connectivity index (χ4v) is 2.13. The molecule has 0 aliphatic heterocycles. The highest BCUT2D eigenvalue weighted by molar-refractivity contribution is 5.82. The van der Waals surface area contributed by atoms with Crippen LogP contribution in [0.15, 0.2) is 64.2 Å². The quantitative estimate of drug-likeness (QED) is 0.428. The van der Waals surface area contributed by atoms with E-state index in [1.807, 2.05) is 61.5 Å². The molecule has 2 N–H and O–H groups in total. The summed E-state index contributed by atoms with van der Waals surface area (Å²) in [6.07, 6.45) is 0.527. The van der Waals surface area contributed by atoms with Crippen molar-refractivity contribution in [3.05, 3.63) is 71.6 Å². The summed E-state index contributed by atoms with van der Waals surface area (Å²) in [7, 11) is 0. The maximum Gasteiger partial charge on any atom is 0.257 e. The van der Waals surface area contributed by atoms with E-state index in [2.05, 4.69) is 15.4 Å². The van der Waals surface area contributed by atoms with Crippen LogP contribution in [0.2, 0.25) is 0 Å². The number of amidine groups is 1. The van der Waals surface area contributed by atoms with Gasteiger partial charge < -0.3 is 15.0 Å². The van der Waals surface area contributed by atoms with Gasteiger partial charge in [0.2, 0.25) is 5.89 Å². The first-order valence-electron chi connectivity index (χ1n) is 7.58. The van der Waals surface area contributed by atoms with E-state index in [1.165, 1.54) is 5.56 Å². The van der Waals surface area contributed by atoms with Gasteiger partial charge in [0, 0.05) is 12.0 Å². The molecule has 6 heteroatoms. The largest absolute Gasteiger partial charge is 0.417 e. The fraction of sp³-hybridized carbons (Fsp3) is 0.167. The Bertz CT molecular complexity index is 811. The number of aromatic nitrogens is 2. The van der Waals surface area contributed by atoms with Crippen LogP contribution in [0.4, 0.5) is 0 Å². The van der Waals surface area contributed by atoms with Gasteiger partial charge in [-0.05, 0) is 24.6 Å². The van der Waals surface area contributed by atoms with Gasteiger partial charge in [-0.1, -0.05) is 53.2 Å². The predicted octanol–water partition coefficient (Wildman–Crippen LogP) is 3.08. The maximum atomic E-state index is 5.84. The van der Waals surface area contributed by atoms with Crippen molar-refractivity contribution in [1.82, 2.24) is 10.2 Å². The third-order valence-corrected chi connectivity index (χ3v) is 3.36. The zero-order chi connectivity index (χ0) is 16.8. The molecule has 0 bridgehead atoms. The van der Waals surface area contributed by atoms with Gasteiger partial charge in [-0.2, -0.15) is 0 Å². The Labute approximate surface area is 140 Å². The van der Waals surface area contributed by atoms with Crippen molar-refractivity contribution < 1.29 is 9.25 Å². The van der Waals surface area contributed by atoms with Gasteiger partial charge in [0.15, 0.2) is 6.61 Å². The zero-order valence-electron chi connectivity index (χ0n) is 13.3. The monoisotopic (exact) mass is 322 g/mol. The van der Waals surface area contributed by atoms with Gasteiger partial charge in [0.25, 0.3) is 5.89 Å². The molecule has 3 rings (SSSR count). The summed E-state index contributed by atoms with van der Waals surface area (Å²) in [4.78, 5) is 5.19. The Kier molecular flexibility index (Phi) is 4.86. The SMILES string of the molecule is Cc1ccc(-c2nnc(CO/N=C(/N)Cc3ccccc3)o2)cc1. The lowest BCUT2D eigenvalue weighted by molar-refractivity contribution is 0.110. The highest BCUT2D eigenvalue weighted by Crippen LogP contribution is 2.18. The Morgan fingerprint density at radius 2 is 1.83 bits per heavy atom. The first kappa shape index (κ1) is 15.7. The van der Waals surface area contributed by atoms with Crippen molar-refractivity contribution in [3.8, 4) is 11.5 Å². The van der Waals surface area contributed by atoms with Crippen molar-refractivity contribution in [3.63, 3.8) is 0 Å². The van der Waals surface area contributed by atoms with Crippen molar-refractivity contribution in [2.75, 3.05) is 0 Å². The van der Waals surface area contributed by atoms with Gasteiger partial charge in [0.1, 0.15) is 5.84 Å². The van der Waals surface area contributed by atoms with E-state index in [4.69, 9.17) is 15.0 Å². The Balaban J connectivity index is 1.55. The van der Waals surface area contributed by atoms with Crippen LogP contribution in [-0.4, -0.2) is 16.0 Å². The average molecular weight is 322 g/mol. The molecule has 3 aromatic rings. The number of aryl methyl sites for hydroxylation is 1. The van der Waals surface area contributed by atoms with Crippen LogP contribution in [0.5, 0.6) is 0 Å². The van der Waals surface area contributed by atoms with Crippen LogP contribution in [0.3, 0.4) is 0 Å². The molecule has 122 valence electrons. The lowest BCUT2D eigenvalue weighted by Crippen LogP contribution is -2.15. The number of hydrogen-bond donors (Lipinski definition) is 1. The van der Waals surface area contributed by atoms with Crippen molar-refractivity contribution in [1.29, 1.82) is 0 Å². The van der Waals surface area contributed by atoms with E-state index in [9.17, 15) is 0 Å². The van der Waals surface area contributed by atoms with Gasteiger partial charge in [0.05, 0.1) is 0 Å². The van der Waals surface area contributed by atoms with Crippen LogP contribution >= 0.6 is 0 Å². The highest BCUT2D eigenvalue weighted by Gasteiger charge is 2.08. The Morgan fingerprint density at radius 1 is 1.08 bits per heavy atom. The predicted molar refractivity (Wildman–Crippen MR) is 91.0 cm³/mol. The molecular weight excluding hydrogens is 304 g/mol. The Hall–Kier alpha value is -3.15. The van der Waals surface area contributed by atoms with Crippen molar-refractivity contribution >= 4 is 5.84 Å². The number of nitrogens with zero attached hydrogens (tertiary/aromatic N) is 3. The lowest BCUT2D eigenvalue weighted by atomic mass is 10.1. The lowest BCUT2D eigenvalue weighted by Gasteiger charge is -2.00. The average Bonchev–Trinajstić information content (AvgIpc) is 3.05. The van der Waals surface area contributed by atoms with Crippen LogP contribution in [0, 0.1) is 6.92 Å². The van der Waals surface area contributed by atoms with Crippen molar-refractivity contribution in [2.45, 2.75) is 20.0 Å². The maximum absolute atomic E-state index is 5.84. The van der Waals surface area contributed by atoms with Crippen LogP contribution in [-0.2, 0) is 17.9 Å². The summed E-state index contributed by atoms with van der Waals surface area (Å²) in [6.45, 7) is 2.10. The smallest absolute Gasteiger partial charge is 0.257 e. The molecule has 0 aliphatic carbocycles. The van der Waals surface area contributed by atoms with Gasteiger partial charge in [-0.25, -0.2) is 0 Å². The molecule has 0 amide bonds. The summed E-state index contributed by atoms with van der Waals surface area (Å²) >= 11 is 0. The molecule has 6 nitrogen and oxygen atoms in total. The number of nitrogens with two attached hydrogens (primary N) is 1. The first-order valence-corrected chi connectivity index (χ1v) is 7.58. The second kappa shape index (κ2) is 7.41. The summed E-state index contributed by atoms with van der Waals surface area (Å²) < 4.78 is 5.55. The molecule has 0 atom stereocenters. The fourth-order valence-electron chi connectivity index (χ4n) is 2.13. The summed E-state index contributed by atoms with van der Waals surface area (Å²) in [5.74, 6) is 1.19. The highest BCUT2D eigenvalue weighted by atomic mass is 16.6. The first-order chi connectivity index (χ1) is 11.7. The molecule has 1 aromatic heterocycles. The molecule has 0 aliphatic rings. The number of hydrogen-bond acceptors (Lipinski definition) is 5. The molecule has 0 saturated carbocycles. The molecule has 0 fully saturated rings. The topological polar surface area (TPSA) is 86.5 Å². The minimum absolute atomic E-state index is 0.0777. The molecule has 2 aromatic carbocycles. The zero-order valence-corrected chi connectivity index (χ0v) is 13.3. The third-order valence-electron chi connectivity index (χ3n) is 3.36. The molecule has 0 spiro atoms. The minimum atomic E-state index is 0.0777. The van der Waals surface area contributed by atoms with E-state index in [-0.39, 0.29) is 6.61 Å². The normalized spacial score (nSPS) is 11.5.